The summed E-state index contributed by atoms with van der Waals surface area (Å²) in [4.78, 5) is 4.61. The molecule has 0 spiro atoms. The molecule has 0 atom stereocenters. The van der Waals surface area contributed by atoms with E-state index in [4.69, 9.17) is 0 Å². The van der Waals surface area contributed by atoms with E-state index in [1.165, 1.54) is 0 Å². The van der Waals surface area contributed by atoms with Crippen LogP contribution in [-0.2, 0) is 0 Å². The highest BCUT2D eigenvalue weighted by molar-refractivity contribution is 5.61. The second-order valence-electron chi connectivity index (χ2n) is 4.79. The van der Waals surface area contributed by atoms with Gasteiger partial charge in [-0.1, -0.05) is 40.9 Å². The van der Waals surface area contributed by atoms with Crippen molar-refractivity contribution >= 4 is 11.4 Å². The summed E-state index contributed by atoms with van der Waals surface area (Å²) >= 11 is 0. The molecule has 0 aliphatic rings. The van der Waals surface area contributed by atoms with Crippen molar-refractivity contribution in [2.45, 2.75) is 6.92 Å². The van der Waals surface area contributed by atoms with Crippen LogP contribution in [0.1, 0.15) is 5.69 Å². The minimum atomic E-state index is 0.833. The Morgan fingerprint density at radius 1 is 1.00 bits per heavy atom. The summed E-state index contributed by atoms with van der Waals surface area (Å²) < 4.78 is 3.90. The number of hydrogen-bond acceptors (Lipinski definition) is 2. The molecule has 0 N–H and O–H groups in total. The molecule has 3 aromatic heterocycles. The van der Waals surface area contributed by atoms with E-state index in [9.17, 15) is 0 Å². The lowest BCUT2D eigenvalue weighted by molar-refractivity contribution is -0.485. The SMILES string of the molecule is Cc1cc(-c2ccccc2)n2nc3cccc[n+]3c2n1. The quantitative estimate of drug-likeness (QED) is 0.493. The molecule has 4 aromatic rings. The molecule has 96 valence electrons. The molecule has 0 aliphatic heterocycles. The van der Waals surface area contributed by atoms with Crippen molar-refractivity contribution in [2.24, 2.45) is 0 Å². The highest BCUT2D eigenvalue weighted by Crippen LogP contribution is 2.19. The van der Waals surface area contributed by atoms with Crippen LogP contribution in [0.25, 0.3) is 22.7 Å². The van der Waals surface area contributed by atoms with Gasteiger partial charge in [0.1, 0.15) is 11.4 Å². The largest absolute Gasteiger partial charge is 0.392 e. The Bertz CT molecular complexity index is 910. The summed E-state index contributed by atoms with van der Waals surface area (Å²) in [5.41, 5.74) is 4.06. The third-order valence-corrected chi connectivity index (χ3v) is 3.37. The van der Waals surface area contributed by atoms with Gasteiger partial charge in [-0.15, -0.1) is 4.98 Å². The van der Waals surface area contributed by atoms with Gasteiger partial charge in [0.15, 0.2) is 0 Å². The van der Waals surface area contributed by atoms with Crippen molar-refractivity contribution < 1.29 is 4.40 Å². The van der Waals surface area contributed by atoms with Crippen molar-refractivity contribution in [2.75, 3.05) is 0 Å². The van der Waals surface area contributed by atoms with Crippen LogP contribution in [0.3, 0.4) is 0 Å². The molecule has 4 nitrogen and oxygen atoms in total. The summed E-state index contributed by atoms with van der Waals surface area (Å²) in [5, 5.41) is 4.65. The van der Waals surface area contributed by atoms with Gasteiger partial charge >= 0.3 is 5.78 Å². The third-order valence-electron chi connectivity index (χ3n) is 3.37. The van der Waals surface area contributed by atoms with Crippen molar-refractivity contribution in [1.29, 1.82) is 0 Å². The fourth-order valence-electron chi connectivity index (χ4n) is 2.46. The molecule has 0 fully saturated rings. The Morgan fingerprint density at radius 2 is 1.80 bits per heavy atom. The first-order chi connectivity index (χ1) is 9.83. The summed E-state index contributed by atoms with van der Waals surface area (Å²) in [6.45, 7) is 2.01. The average Bonchev–Trinajstić information content (AvgIpc) is 2.86. The van der Waals surface area contributed by atoms with Crippen LogP contribution in [0, 0.1) is 6.92 Å². The van der Waals surface area contributed by atoms with Gasteiger partial charge in [-0.05, 0) is 13.0 Å². The first-order valence-corrected chi connectivity index (χ1v) is 6.55. The van der Waals surface area contributed by atoms with Crippen LogP contribution in [0.5, 0.6) is 0 Å². The summed E-state index contributed by atoms with van der Waals surface area (Å²) in [6, 6.07) is 18.3. The highest BCUT2D eigenvalue weighted by Gasteiger charge is 2.19. The lowest BCUT2D eigenvalue weighted by Crippen LogP contribution is -2.20. The molecule has 0 unspecified atom stereocenters. The minimum absolute atomic E-state index is 0.833. The molecule has 0 bridgehead atoms. The predicted octanol–water partition coefficient (Wildman–Crippen LogP) is 2.44. The number of rotatable bonds is 1. The third kappa shape index (κ3) is 1.58. The van der Waals surface area contributed by atoms with E-state index in [-0.39, 0.29) is 0 Å². The van der Waals surface area contributed by atoms with E-state index in [0.29, 0.717) is 0 Å². The normalized spacial score (nSPS) is 11.2. The number of fused-ring (bicyclic) bond motifs is 3. The van der Waals surface area contributed by atoms with Gasteiger partial charge < -0.3 is 0 Å². The monoisotopic (exact) mass is 261 g/mol. The molecule has 20 heavy (non-hydrogen) atoms. The van der Waals surface area contributed by atoms with Gasteiger partial charge in [0.05, 0.1) is 6.20 Å². The van der Waals surface area contributed by atoms with E-state index >= 15 is 0 Å². The molecule has 0 radical (unpaired) electrons. The molecule has 4 rings (SSSR count). The molecular weight excluding hydrogens is 248 g/mol. The van der Waals surface area contributed by atoms with Gasteiger partial charge in [0.25, 0.3) is 5.65 Å². The number of aromatic nitrogens is 4. The Morgan fingerprint density at radius 3 is 2.65 bits per heavy atom. The van der Waals surface area contributed by atoms with Gasteiger partial charge in [-0.2, -0.15) is 4.40 Å². The molecule has 0 aliphatic carbocycles. The Kier molecular flexibility index (Phi) is 2.29. The van der Waals surface area contributed by atoms with Crippen molar-refractivity contribution in [1.82, 2.24) is 14.6 Å². The molecule has 3 heterocycles. The number of benzene rings is 1. The van der Waals surface area contributed by atoms with Crippen LogP contribution in [-0.4, -0.2) is 14.6 Å². The standard InChI is InChI=1S/C16H13N4/c1-12-11-14(13-7-3-2-4-8-13)20-16(17-12)19-10-6-5-9-15(19)18-20/h2-11H,1H3/q+1. The first-order valence-electron chi connectivity index (χ1n) is 6.55. The Hall–Kier alpha value is -2.75. The fourth-order valence-corrected chi connectivity index (χ4v) is 2.46. The van der Waals surface area contributed by atoms with Crippen molar-refractivity contribution in [3.63, 3.8) is 0 Å². The first kappa shape index (κ1) is 11.1. The van der Waals surface area contributed by atoms with Gasteiger partial charge in [0.2, 0.25) is 0 Å². The van der Waals surface area contributed by atoms with Gasteiger partial charge in [0, 0.05) is 22.8 Å². The van der Waals surface area contributed by atoms with E-state index in [1.807, 2.05) is 58.4 Å². The molecule has 4 heteroatoms. The molecule has 0 amide bonds. The molecule has 0 saturated heterocycles. The van der Waals surface area contributed by atoms with Crippen LogP contribution in [0.2, 0.25) is 0 Å². The fraction of sp³-hybridized carbons (Fsp3) is 0.0625. The number of aryl methyl sites for hydroxylation is 1. The molecular formula is C16H13N4+. The van der Waals surface area contributed by atoms with E-state index in [1.54, 1.807) is 0 Å². The maximum Gasteiger partial charge on any atom is 0.392 e. The zero-order valence-electron chi connectivity index (χ0n) is 11.1. The second kappa shape index (κ2) is 4.13. The maximum atomic E-state index is 4.65. The van der Waals surface area contributed by atoms with E-state index in [2.05, 4.69) is 28.3 Å². The van der Waals surface area contributed by atoms with Crippen molar-refractivity contribution in [3.8, 4) is 11.3 Å². The minimum Gasteiger partial charge on any atom is -0.191 e. The summed E-state index contributed by atoms with van der Waals surface area (Å²) in [6.07, 6.45) is 1.98. The summed E-state index contributed by atoms with van der Waals surface area (Å²) in [7, 11) is 0. The zero-order chi connectivity index (χ0) is 13.5. The van der Waals surface area contributed by atoms with Crippen LogP contribution < -0.4 is 4.40 Å². The van der Waals surface area contributed by atoms with Crippen LogP contribution in [0.4, 0.5) is 0 Å². The zero-order valence-corrected chi connectivity index (χ0v) is 11.1. The van der Waals surface area contributed by atoms with Gasteiger partial charge in [-0.3, -0.25) is 0 Å². The highest BCUT2D eigenvalue weighted by atomic mass is 15.4. The van der Waals surface area contributed by atoms with E-state index < -0.39 is 0 Å². The predicted molar refractivity (Wildman–Crippen MR) is 76.3 cm³/mol. The lowest BCUT2D eigenvalue weighted by atomic mass is 10.1. The van der Waals surface area contributed by atoms with Crippen LogP contribution >= 0.6 is 0 Å². The molecule has 1 aromatic carbocycles. The van der Waals surface area contributed by atoms with E-state index in [0.717, 1.165) is 28.4 Å². The number of pyridine rings is 1. The smallest absolute Gasteiger partial charge is 0.191 e. The Balaban J connectivity index is 2.16. The molecule has 0 saturated carbocycles. The van der Waals surface area contributed by atoms with Gasteiger partial charge in [-0.25, -0.2) is 0 Å². The topological polar surface area (TPSA) is 34.3 Å². The van der Waals surface area contributed by atoms with Crippen molar-refractivity contribution in [3.05, 3.63) is 66.5 Å². The summed E-state index contributed by atoms with van der Waals surface area (Å²) in [5.74, 6) is 0.833. The average molecular weight is 261 g/mol. The second-order valence-corrected chi connectivity index (χ2v) is 4.79. The number of hydrogen-bond donors (Lipinski definition) is 0. The lowest BCUT2D eigenvalue weighted by Gasteiger charge is -1.99. The Labute approximate surface area is 116 Å². The van der Waals surface area contributed by atoms with Crippen LogP contribution in [0.15, 0.2) is 60.8 Å². The maximum absolute atomic E-state index is 4.65. The number of nitrogens with zero attached hydrogens (tertiary/aromatic N) is 4.